The van der Waals surface area contributed by atoms with Gasteiger partial charge < -0.3 is 10.6 Å². The number of nitrogens with zero attached hydrogens (tertiary/aromatic N) is 2. The number of amides is 1. The minimum absolute atomic E-state index is 0.173. The standard InChI is InChI=1S/C15H15N3OS/c16-15-17-12-6-5-10(7-13(12)20-15)18-8-9-3-1-2-4-11(9)14(18)19/h1-4,10H,5-8H2,(H2,16,17). The molecule has 1 unspecified atom stereocenters. The minimum atomic E-state index is 0.173. The van der Waals surface area contributed by atoms with E-state index >= 15 is 0 Å². The summed E-state index contributed by atoms with van der Waals surface area (Å²) in [4.78, 5) is 20.1. The zero-order valence-electron chi connectivity index (χ0n) is 11.0. The molecule has 2 aliphatic rings. The number of aryl methyl sites for hydroxylation is 1. The van der Waals surface area contributed by atoms with Crippen molar-refractivity contribution in [1.29, 1.82) is 0 Å². The van der Waals surface area contributed by atoms with E-state index in [0.29, 0.717) is 5.13 Å². The molecule has 0 radical (unpaired) electrons. The Kier molecular flexibility index (Phi) is 2.57. The maximum atomic E-state index is 12.5. The monoisotopic (exact) mass is 285 g/mol. The van der Waals surface area contributed by atoms with Gasteiger partial charge in [0.15, 0.2) is 5.13 Å². The lowest BCUT2D eigenvalue weighted by atomic mass is 9.96. The summed E-state index contributed by atoms with van der Waals surface area (Å²) >= 11 is 1.57. The van der Waals surface area contributed by atoms with Crippen LogP contribution in [0.3, 0.4) is 0 Å². The third-order valence-electron chi connectivity index (χ3n) is 4.22. The van der Waals surface area contributed by atoms with Crippen molar-refractivity contribution in [2.24, 2.45) is 0 Å². The number of rotatable bonds is 1. The fraction of sp³-hybridized carbons (Fsp3) is 0.333. The molecule has 0 saturated carbocycles. The number of nitrogens with two attached hydrogens (primary N) is 1. The zero-order chi connectivity index (χ0) is 13.7. The highest BCUT2D eigenvalue weighted by molar-refractivity contribution is 7.15. The first-order valence-corrected chi connectivity index (χ1v) is 7.67. The summed E-state index contributed by atoms with van der Waals surface area (Å²) in [5.41, 5.74) is 8.92. The van der Waals surface area contributed by atoms with Crippen molar-refractivity contribution in [3.05, 3.63) is 46.0 Å². The second-order valence-electron chi connectivity index (χ2n) is 5.41. The highest BCUT2D eigenvalue weighted by atomic mass is 32.1. The van der Waals surface area contributed by atoms with Gasteiger partial charge in [-0.1, -0.05) is 18.2 Å². The quantitative estimate of drug-likeness (QED) is 0.874. The molecule has 102 valence electrons. The summed E-state index contributed by atoms with van der Waals surface area (Å²) in [6.45, 7) is 0.739. The Morgan fingerprint density at radius 3 is 3.05 bits per heavy atom. The van der Waals surface area contributed by atoms with Crippen molar-refractivity contribution in [1.82, 2.24) is 9.88 Å². The number of carbonyl (C=O) groups excluding carboxylic acids is 1. The van der Waals surface area contributed by atoms with E-state index in [2.05, 4.69) is 4.98 Å². The van der Waals surface area contributed by atoms with Crippen LogP contribution in [0, 0.1) is 0 Å². The molecular weight excluding hydrogens is 270 g/mol. The van der Waals surface area contributed by atoms with E-state index in [1.165, 1.54) is 4.88 Å². The van der Waals surface area contributed by atoms with E-state index in [1.807, 2.05) is 29.2 Å². The topological polar surface area (TPSA) is 59.2 Å². The number of fused-ring (bicyclic) bond motifs is 2. The molecule has 1 aromatic carbocycles. The maximum Gasteiger partial charge on any atom is 0.254 e. The summed E-state index contributed by atoms with van der Waals surface area (Å²) in [5, 5.41) is 0.645. The first kappa shape index (κ1) is 11.9. The van der Waals surface area contributed by atoms with Crippen molar-refractivity contribution in [3.8, 4) is 0 Å². The number of carbonyl (C=O) groups is 1. The number of aromatic nitrogens is 1. The number of anilines is 1. The number of thiazole rings is 1. The molecule has 0 bridgehead atoms. The Morgan fingerprint density at radius 2 is 2.20 bits per heavy atom. The van der Waals surface area contributed by atoms with E-state index in [1.54, 1.807) is 11.3 Å². The van der Waals surface area contributed by atoms with Crippen molar-refractivity contribution >= 4 is 22.4 Å². The van der Waals surface area contributed by atoms with Gasteiger partial charge in [-0.05, 0) is 24.5 Å². The number of benzene rings is 1. The van der Waals surface area contributed by atoms with Gasteiger partial charge in [-0.25, -0.2) is 4.98 Å². The van der Waals surface area contributed by atoms with Gasteiger partial charge in [0.25, 0.3) is 5.91 Å². The van der Waals surface area contributed by atoms with Gasteiger partial charge in [-0.3, -0.25) is 4.79 Å². The molecule has 2 aromatic rings. The van der Waals surface area contributed by atoms with Gasteiger partial charge in [0.05, 0.1) is 5.69 Å². The summed E-state index contributed by atoms with van der Waals surface area (Å²) in [6.07, 6.45) is 2.80. The first-order valence-electron chi connectivity index (χ1n) is 6.85. The van der Waals surface area contributed by atoms with E-state index < -0.39 is 0 Å². The molecule has 4 nitrogen and oxygen atoms in total. The summed E-state index contributed by atoms with van der Waals surface area (Å²) in [7, 11) is 0. The Morgan fingerprint density at radius 1 is 1.35 bits per heavy atom. The number of nitrogen functional groups attached to an aromatic ring is 1. The van der Waals surface area contributed by atoms with Crippen LogP contribution in [-0.2, 0) is 19.4 Å². The van der Waals surface area contributed by atoms with E-state index in [4.69, 9.17) is 5.73 Å². The molecule has 1 aromatic heterocycles. The van der Waals surface area contributed by atoms with Gasteiger partial charge in [0, 0.05) is 29.4 Å². The lowest BCUT2D eigenvalue weighted by molar-refractivity contribution is 0.0688. The van der Waals surface area contributed by atoms with Crippen LogP contribution in [0.5, 0.6) is 0 Å². The van der Waals surface area contributed by atoms with Gasteiger partial charge in [-0.2, -0.15) is 0 Å². The van der Waals surface area contributed by atoms with Crippen molar-refractivity contribution in [2.45, 2.75) is 31.8 Å². The molecule has 0 fully saturated rings. The van der Waals surface area contributed by atoms with E-state index in [-0.39, 0.29) is 11.9 Å². The Bertz CT molecular complexity index is 694. The predicted molar refractivity (Wildman–Crippen MR) is 78.7 cm³/mol. The largest absolute Gasteiger partial charge is 0.375 e. The van der Waals surface area contributed by atoms with Crippen LogP contribution in [0.4, 0.5) is 5.13 Å². The summed E-state index contributed by atoms with van der Waals surface area (Å²) < 4.78 is 0. The molecule has 20 heavy (non-hydrogen) atoms. The van der Waals surface area contributed by atoms with Crippen LogP contribution in [0.25, 0.3) is 0 Å². The molecule has 1 aliphatic carbocycles. The van der Waals surface area contributed by atoms with Gasteiger partial charge in [0.1, 0.15) is 0 Å². The third kappa shape index (κ3) is 1.73. The second-order valence-corrected chi connectivity index (χ2v) is 6.52. The molecule has 2 heterocycles. The van der Waals surface area contributed by atoms with Gasteiger partial charge in [-0.15, -0.1) is 11.3 Å². The molecule has 1 aliphatic heterocycles. The van der Waals surface area contributed by atoms with Crippen LogP contribution >= 0.6 is 11.3 Å². The molecule has 1 atom stereocenters. The van der Waals surface area contributed by atoms with Gasteiger partial charge in [0.2, 0.25) is 0 Å². The van der Waals surface area contributed by atoms with Gasteiger partial charge >= 0.3 is 0 Å². The molecule has 2 N–H and O–H groups in total. The highest BCUT2D eigenvalue weighted by Crippen LogP contribution is 2.33. The Hall–Kier alpha value is -1.88. The highest BCUT2D eigenvalue weighted by Gasteiger charge is 2.34. The van der Waals surface area contributed by atoms with Crippen molar-refractivity contribution in [2.75, 3.05) is 5.73 Å². The summed E-state index contributed by atoms with van der Waals surface area (Å²) in [5.74, 6) is 0.173. The minimum Gasteiger partial charge on any atom is -0.375 e. The van der Waals surface area contributed by atoms with Crippen LogP contribution in [0.15, 0.2) is 24.3 Å². The fourth-order valence-corrected chi connectivity index (χ4v) is 4.16. The molecule has 1 amide bonds. The van der Waals surface area contributed by atoms with Crippen LogP contribution in [-0.4, -0.2) is 21.8 Å². The normalized spacial score (nSPS) is 20.9. The molecule has 0 saturated heterocycles. The second kappa shape index (κ2) is 4.31. The van der Waals surface area contributed by atoms with E-state index in [9.17, 15) is 4.79 Å². The first-order chi connectivity index (χ1) is 9.72. The average molecular weight is 285 g/mol. The van der Waals surface area contributed by atoms with Crippen molar-refractivity contribution < 1.29 is 4.79 Å². The predicted octanol–water partition coefficient (Wildman–Crippen LogP) is 2.24. The smallest absolute Gasteiger partial charge is 0.254 e. The Labute approximate surface area is 121 Å². The van der Waals surface area contributed by atoms with E-state index in [0.717, 1.165) is 42.6 Å². The Balaban J connectivity index is 1.61. The lowest BCUT2D eigenvalue weighted by Gasteiger charge is -2.30. The molecule has 0 spiro atoms. The number of hydrogen-bond donors (Lipinski definition) is 1. The summed E-state index contributed by atoms with van der Waals surface area (Å²) in [6, 6.07) is 8.19. The zero-order valence-corrected chi connectivity index (χ0v) is 11.8. The van der Waals surface area contributed by atoms with Crippen LogP contribution in [0.2, 0.25) is 0 Å². The van der Waals surface area contributed by atoms with Crippen LogP contribution < -0.4 is 5.73 Å². The number of hydrogen-bond acceptors (Lipinski definition) is 4. The fourth-order valence-electron chi connectivity index (χ4n) is 3.22. The van der Waals surface area contributed by atoms with Crippen molar-refractivity contribution in [3.63, 3.8) is 0 Å². The lowest BCUT2D eigenvalue weighted by Crippen LogP contribution is -2.39. The SMILES string of the molecule is Nc1nc2c(s1)CC(N1Cc3ccccc3C1=O)CC2. The third-order valence-corrected chi connectivity index (χ3v) is 5.17. The molecular formula is C15H15N3OS. The molecule has 5 heteroatoms. The molecule has 4 rings (SSSR count). The maximum absolute atomic E-state index is 12.5. The average Bonchev–Trinajstić information content (AvgIpc) is 2.98. The van der Waals surface area contributed by atoms with Crippen LogP contribution in [0.1, 0.15) is 32.9 Å².